The Morgan fingerprint density at radius 1 is 1.40 bits per heavy atom. The van der Waals surface area contributed by atoms with E-state index in [9.17, 15) is 9.90 Å². The third-order valence-corrected chi connectivity index (χ3v) is 3.15. The molecule has 1 aromatic carbocycles. The molecule has 0 bridgehead atoms. The van der Waals surface area contributed by atoms with Crippen LogP contribution >= 0.6 is 0 Å². The Morgan fingerprint density at radius 2 is 2.25 bits per heavy atom. The summed E-state index contributed by atoms with van der Waals surface area (Å²) in [7, 11) is 0. The fourth-order valence-electron chi connectivity index (χ4n) is 1.94. The summed E-state index contributed by atoms with van der Waals surface area (Å²) >= 11 is 0. The lowest BCUT2D eigenvalue weighted by Crippen LogP contribution is -2.24. The summed E-state index contributed by atoms with van der Waals surface area (Å²) in [5, 5.41) is 12.3. The second kappa shape index (κ2) is 6.75. The number of hydrogen-bond donors (Lipinski definition) is 2. The average Bonchev–Trinajstić information content (AvgIpc) is 2.94. The lowest BCUT2D eigenvalue weighted by Gasteiger charge is -2.07. The number of phenols is 1. The molecule has 0 spiro atoms. The number of unbranched alkanes of at least 4 members (excludes halogenated alkanes) is 1. The summed E-state index contributed by atoms with van der Waals surface area (Å²) < 4.78 is 2.02. The first-order chi connectivity index (χ1) is 9.66. The van der Waals surface area contributed by atoms with Crippen LogP contribution in [-0.2, 0) is 6.54 Å². The number of aryl methyl sites for hydroxylation is 2. The number of phenolic OH excluding ortho intramolecular Hbond substituents is 1. The van der Waals surface area contributed by atoms with Gasteiger partial charge in [-0.1, -0.05) is 0 Å². The van der Waals surface area contributed by atoms with E-state index in [1.165, 1.54) is 0 Å². The van der Waals surface area contributed by atoms with Gasteiger partial charge in [0, 0.05) is 31.0 Å². The summed E-state index contributed by atoms with van der Waals surface area (Å²) in [4.78, 5) is 15.9. The van der Waals surface area contributed by atoms with Gasteiger partial charge in [-0.15, -0.1) is 0 Å². The van der Waals surface area contributed by atoms with Gasteiger partial charge >= 0.3 is 0 Å². The third-order valence-electron chi connectivity index (χ3n) is 3.15. The number of aromatic hydroxyl groups is 1. The predicted octanol–water partition coefficient (Wildman–Crippen LogP) is 2.11. The van der Waals surface area contributed by atoms with E-state index in [1.807, 2.05) is 10.8 Å². The molecule has 1 heterocycles. The van der Waals surface area contributed by atoms with Gasteiger partial charge in [-0.05, 0) is 43.5 Å². The van der Waals surface area contributed by atoms with Gasteiger partial charge in [-0.2, -0.15) is 0 Å². The predicted molar refractivity (Wildman–Crippen MR) is 76.6 cm³/mol. The second-order valence-electron chi connectivity index (χ2n) is 4.76. The molecule has 5 nitrogen and oxygen atoms in total. The molecule has 2 rings (SSSR count). The van der Waals surface area contributed by atoms with Crippen LogP contribution in [0.3, 0.4) is 0 Å². The number of imidazole rings is 1. The molecular weight excluding hydrogens is 254 g/mol. The zero-order valence-electron chi connectivity index (χ0n) is 11.5. The molecule has 0 unspecified atom stereocenters. The molecule has 2 N–H and O–H groups in total. The van der Waals surface area contributed by atoms with E-state index in [-0.39, 0.29) is 11.7 Å². The van der Waals surface area contributed by atoms with Crippen LogP contribution < -0.4 is 5.32 Å². The van der Waals surface area contributed by atoms with E-state index in [0.717, 1.165) is 19.4 Å². The maximum absolute atomic E-state index is 11.9. The third kappa shape index (κ3) is 3.85. The molecule has 0 aliphatic rings. The number of hydrogen-bond acceptors (Lipinski definition) is 3. The molecule has 1 aromatic heterocycles. The number of carbonyl (C=O) groups excluding carboxylic acids is 1. The van der Waals surface area contributed by atoms with Crippen molar-refractivity contribution in [2.45, 2.75) is 26.3 Å². The number of nitrogens with zero attached hydrogens (tertiary/aromatic N) is 2. The van der Waals surface area contributed by atoms with Gasteiger partial charge in [0.15, 0.2) is 0 Å². The Labute approximate surface area is 118 Å². The Balaban J connectivity index is 1.70. The second-order valence-corrected chi connectivity index (χ2v) is 4.76. The zero-order valence-corrected chi connectivity index (χ0v) is 11.5. The molecule has 2 aromatic rings. The molecule has 20 heavy (non-hydrogen) atoms. The molecule has 0 aliphatic heterocycles. The van der Waals surface area contributed by atoms with Gasteiger partial charge in [0.05, 0.1) is 6.33 Å². The van der Waals surface area contributed by atoms with Crippen LogP contribution in [0.25, 0.3) is 0 Å². The number of carbonyl (C=O) groups is 1. The van der Waals surface area contributed by atoms with E-state index >= 15 is 0 Å². The van der Waals surface area contributed by atoms with Crippen LogP contribution in [0.5, 0.6) is 5.75 Å². The fraction of sp³-hybridized carbons (Fsp3) is 0.333. The standard InChI is InChI=1S/C15H19N3O2/c1-12-10-13(4-5-14(12)19)15(20)17-6-2-3-8-18-9-7-16-11-18/h4-5,7,9-11,19H,2-3,6,8H2,1H3,(H,17,20). The largest absolute Gasteiger partial charge is 0.508 e. The summed E-state index contributed by atoms with van der Waals surface area (Å²) in [5.74, 6) is 0.109. The first-order valence-electron chi connectivity index (χ1n) is 6.70. The minimum atomic E-state index is -0.101. The van der Waals surface area contributed by atoms with Gasteiger partial charge in [0.1, 0.15) is 5.75 Å². The normalized spacial score (nSPS) is 10.4. The zero-order chi connectivity index (χ0) is 14.4. The highest BCUT2D eigenvalue weighted by Crippen LogP contribution is 2.16. The number of aromatic nitrogens is 2. The Kier molecular flexibility index (Phi) is 4.76. The quantitative estimate of drug-likeness (QED) is 0.792. The van der Waals surface area contributed by atoms with E-state index in [0.29, 0.717) is 17.7 Å². The maximum Gasteiger partial charge on any atom is 0.251 e. The van der Waals surface area contributed by atoms with Crippen LogP contribution in [0.15, 0.2) is 36.9 Å². The smallest absolute Gasteiger partial charge is 0.251 e. The van der Waals surface area contributed by atoms with Crippen molar-refractivity contribution < 1.29 is 9.90 Å². The Hall–Kier alpha value is -2.30. The summed E-state index contributed by atoms with van der Waals surface area (Å²) in [6, 6.07) is 4.86. The van der Waals surface area contributed by atoms with Crippen molar-refractivity contribution in [1.29, 1.82) is 0 Å². The number of nitrogens with one attached hydrogen (secondary N) is 1. The molecule has 0 saturated heterocycles. The summed E-state index contributed by atoms with van der Waals surface area (Å²) in [6.45, 7) is 3.33. The molecule has 1 amide bonds. The first kappa shape index (κ1) is 14.1. The molecule has 0 atom stereocenters. The van der Waals surface area contributed by atoms with Gasteiger partial charge < -0.3 is 15.0 Å². The molecule has 5 heteroatoms. The van der Waals surface area contributed by atoms with Gasteiger partial charge in [0.25, 0.3) is 5.91 Å². The molecule has 106 valence electrons. The van der Waals surface area contributed by atoms with Crippen molar-refractivity contribution in [3.63, 3.8) is 0 Å². The van der Waals surface area contributed by atoms with Crippen LogP contribution in [0.2, 0.25) is 0 Å². The average molecular weight is 273 g/mol. The van der Waals surface area contributed by atoms with Crippen molar-refractivity contribution in [2.75, 3.05) is 6.54 Å². The van der Waals surface area contributed by atoms with E-state index in [4.69, 9.17) is 0 Å². The highest BCUT2D eigenvalue weighted by atomic mass is 16.3. The lowest BCUT2D eigenvalue weighted by atomic mass is 10.1. The fourth-order valence-corrected chi connectivity index (χ4v) is 1.94. The minimum Gasteiger partial charge on any atom is -0.508 e. The van der Waals surface area contributed by atoms with Crippen LogP contribution in [0.1, 0.15) is 28.8 Å². The number of benzene rings is 1. The van der Waals surface area contributed by atoms with E-state index < -0.39 is 0 Å². The molecule has 0 fully saturated rings. The molecule has 0 radical (unpaired) electrons. The number of rotatable bonds is 6. The number of amides is 1. The van der Waals surface area contributed by atoms with Crippen molar-refractivity contribution >= 4 is 5.91 Å². The topological polar surface area (TPSA) is 67.2 Å². The maximum atomic E-state index is 11.9. The van der Waals surface area contributed by atoms with Crippen LogP contribution in [0.4, 0.5) is 0 Å². The van der Waals surface area contributed by atoms with E-state index in [2.05, 4.69) is 10.3 Å². The highest BCUT2D eigenvalue weighted by molar-refractivity contribution is 5.94. The van der Waals surface area contributed by atoms with Crippen molar-refractivity contribution in [3.05, 3.63) is 48.0 Å². The minimum absolute atomic E-state index is 0.101. The van der Waals surface area contributed by atoms with Crippen LogP contribution in [-0.4, -0.2) is 27.1 Å². The Bertz CT molecular complexity index is 565. The molecule has 0 saturated carbocycles. The van der Waals surface area contributed by atoms with Crippen molar-refractivity contribution in [2.24, 2.45) is 0 Å². The van der Waals surface area contributed by atoms with Gasteiger partial charge in [-0.3, -0.25) is 4.79 Å². The monoisotopic (exact) mass is 273 g/mol. The van der Waals surface area contributed by atoms with E-state index in [1.54, 1.807) is 37.6 Å². The van der Waals surface area contributed by atoms with Crippen molar-refractivity contribution in [3.8, 4) is 5.75 Å². The van der Waals surface area contributed by atoms with Gasteiger partial charge in [0.2, 0.25) is 0 Å². The molecular formula is C15H19N3O2. The van der Waals surface area contributed by atoms with Gasteiger partial charge in [-0.25, -0.2) is 4.98 Å². The summed E-state index contributed by atoms with van der Waals surface area (Å²) in [6.07, 6.45) is 7.39. The lowest BCUT2D eigenvalue weighted by molar-refractivity contribution is 0.0953. The highest BCUT2D eigenvalue weighted by Gasteiger charge is 2.06. The first-order valence-corrected chi connectivity index (χ1v) is 6.70. The van der Waals surface area contributed by atoms with Crippen LogP contribution in [0, 0.1) is 6.92 Å². The Morgan fingerprint density at radius 3 is 2.95 bits per heavy atom. The summed E-state index contributed by atoms with van der Waals surface area (Å²) in [5.41, 5.74) is 1.28. The van der Waals surface area contributed by atoms with Crippen molar-refractivity contribution in [1.82, 2.24) is 14.9 Å². The molecule has 0 aliphatic carbocycles. The SMILES string of the molecule is Cc1cc(C(=O)NCCCCn2ccnc2)ccc1O.